The third-order valence-corrected chi connectivity index (χ3v) is 4.70. The van der Waals surface area contributed by atoms with Crippen molar-refractivity contribution >= 4 is 16.5 Å². The number of anilines is 1. The molecular formula is C11H18N4S. The third-order valence-electron chi connectivity index (χ3n) is 3.83. The highest BCUT2D eigenvalue weighted by molar-refractivity contribution is 7.15. The van der Waals surface area contributed by atoms with Gasteiger partial charge in [-0.2, -0.15) is 0 Å². The van der Waals surface area contributed by atoms with E-state index in [1.54, 1.807) is 11.3 Å². The van der Waals surface area contributed by atoms with Gasteiger partial charge in [0.25, 0.3) is 0 Å². The molecule has 3 heterocycles. The van der Waals surface area contributed by atoms with Gasteiger partial charge in [-0.1, -0.05) is 11.3 Å². The lowest BCUT2D eigenvalue weighted by Crippen LogP contribution is -2.46. The van der Waals surface area contributed by atoms with Crippen LogP contribution in [0.3, 0.4) is 0 Å². The topological polar surface area (TPSA) is 32.3 Å². The summed E-state index contributed by atoms with van der Waals surface area (Å²) in [5.74, 6) is 0.875. The van der Waals surface area contributed by atoms with Gasteiger partial charge in [0.15, 0.2) is 0 Å². The summed E-state index contributed by atoms with van der Waals surface area (Å²) in [7, 11) is 2.22. The zero-order chi connectivity index (χ0) is 11.1. The summed E-state index contributed by atoms with van der Waals surface area (Å²) in [4.78, 5) is 4.92. The van der Waals surface area contributed by atoms with Crippen molar-refractivity contribution in [3.05, 3.63) is 5.01 Å². The van der Waals surface area contributed by atoms with Gasteiger partial charge in [0.2, 0.25) is 5.13 Å². The van der Waals surface area contributed by atoms with Gasteiger partial charge in [0.1, 0.15) is 5.01 Å². The van der Waals surface area contributed by atoms with E-state index in [0.717, 1.165) is 22.6 Å². The zero-order valence-corrected chi connectivity index (χ0v) is 10.7. The number of likely N-dealkylation sites (tertiary alicyclic amines) is 1. The molecule has 0 amide bonds. The highest BCUT2D eigenvalue weighted by Gasteiger charge is 2.38. The molecule has 0 aliphatic carbocycles. The first-order chi connectivity index (χ1) is 7.74. The molecule has 5 heteroatoms. The third kappa shape index (κ3) is 1.72. The van der Waals surface area contributed by atoms with Crippen molar-refractivity contribution in [1.29, 1.82) is 0 Å². The van der Waals surface area contributed by atoms with Gasteiger partial charge in [0.05, 0.1) is 0 Å². The van der Waals surface area contributed by atoms with Gasteiger partial charge in [-0.3, -0.25) is 0 Å². The number of likely N-dealkylation sites (N-methyl/N-ethyl adjacent to an activating group) is 1. The number of hydrogen-bond donors (Lipinski definition) is 0. The van der Waals surface area contributed by atoms with Crippen LogP contribution in [0.25, 0.3) is 0 Å². The second-order valence-corrected chi connectivity index (χ2v) is 6.12. The van der Waals surface area contributed by atoms with E-state index in [1.165, 1.54) is 25.9 Å². The van der Waals surface area contributed by atoms with E-state index in [9.17, 15) is 0 Å². The predicted molar refractivity (Wildman–Crippen MR) is 66.0 cm³/mol. The fraction of sp³-hybridized carbons (Fsp3) is 0.818. The van der Waals surface area contributed by atoms with E-state index in [0.29, 0.717) is 6.04 Å². The maximum Gasteiger partial charge on any atom is 0.208 e. The molecule has 1 aromatic heterocycles. The Morgan fingerprint density at radius 1 is 1.25 bits per heavy atom. The lowest BCUT2D eigenvalue weighted by molar-refractivity contribution is 0.208. The molecule has 2 aliphatic rings. The molecule has 2 saturated heterocycles. The summed E-state index contributed by atoms with van der Waals surface area (Å²) >= 11 is 1.73. The van der Waals surface area contributed by atoms with Crippen LogP contribution in [0.1, 0.15) is 17.8 Å². The quantitative estimate of drug-likeness (QED) is 0.740. The van der Waals surface area contributed by atoms with Gasteiger partial charge in [-0.05, 0) is 39.3 Å². The van der Waals surface area contributed by atoms with Crippen molar-refractivity contribution in [2.75, 3.05) is 31.6 Å². The van der Waals surface area contributed by atoms with E-state index in [4.69, 9.17) is 0 Å². The Bertz CT molecular complexity index is 378. The highest BCUT2D eigenvalue weighted by Crippen LogP contribution is 2.35. The zero-order valence-electron chi connectivity index (χ0n) is 9.89. The first kappa shape index (κ1) is 10.5. The molecule has 4 nitrogen and oxygen atoms in total. The SMILES string of the molecule is Cc1nnc(N2CC[C@H]3CCN(C)C[C@H]32)s1. The van der Waals surface area contributed by atoms with Crippen LogP contribution < -0.4 is 4.90 Å². The molecule has 2 atom stereocenters. The average Bonchev–Trinajstić information content (AvgIpc) is 2.83. The van der Waals surface area contributed by atoms with Crippen LogP contribution in [-0.2, 0) is 0 Å². The Morgan fingerprint density at radius 3 is 2.81 bits per heavy atom. The Morgan fingerprint density at radius 2 is 2.06 bits per heavy atom. The summed E-state index contributed by atoms with van der Waals surface area (Å²) in [5, 5.41) is 10.6. The van der Waals surface area contributed by atoms with Crippen molar-refractivity contribution in [3.8, 4) is 0 Å². The molecule has 0 aromatic carbocycles. The van der Waals surface area contributed by atoms with Gasteiger partial charge < -0.3 is 9.80 Å². The van der Waals surface area contributed by atoms with E-state index in [1.807, 2.05) is 6.92 Å². The summed E-state index contributed by atoms with van der Waals surface area (Å²) in [5.41, 5.74) is 0. The standard InChI is InChI=1S/C11H18N4S/c1-8-12-13-11(16-8)15-6-4-9-3-5-14(2)7-10(9)15/h9-10H,3-7H2,1-2H3/t9-,10-/m1/s1. The lowest BCUT2D eigenvalue weighted by atomic mass is 9.93. The van der Waals surface area contributed by atoms with Crippen molar-refractivity contribution in [2.24, 2.45) is 5.92 Å². The molecule has 0 bridgehead atoms. The van der Waals surface area contributed by atoms with Crippen LogP contribution in [0.2, 0.25) is 0 Å². The Kier molecular flexibility index (Phi) is 2.59. The number of fused-ring (bicyclic) bond motifs is 1. The fourth-order valence-corrected chi connectivity index (χ4v) is 3.71. The van der Waals surface area contributed by atoms with E-state index >= 15 is 0 Å². The van der Waals surface area contributed by atoms with E-state index in [-0.39, 0.29) is 0 Å². The van der Waals surface area contributed by atoms with E-state index in [2.05, 4.69) is 27.0 Å². The molecule has 1 aromatic rings. The number of hydrogen-bond acceptors (Lipinski definition) is 5. The molecule has 2 aliphatic heterocycles. The predicted octanol–water partition coefficient (Wildman–Crippen LogP) is 1.38. The van der Waals surface area contributed by atoms with Crippen LogP contribution in [-0.4, -0.2) is 47.8 Å². The van der Waals surface area contributed by atoms with Crippen LogP contribution >= 0.6 is 11.3 Å². The summed E-state index contributed by atoms with van der Waals surface area (Å²) in [6, 6.07) is 0.672. The second kappa shape index (κ2) is 3.96. The number of piperidine rings is 1. The molecule has 0 spiro atoms. The number of rotatable bonds is 1. The first-order valence-corrected chi connectivity index (χ1v) is 6.81. The largest absolute Gasteiger partial charge is 0.342 e. The molecule has 0 radical (unpaired) electrons. The minimum atomic E-state index is 0.672. The second-order valence-electron chi connectivity index (χ2n) is 4.96. The smallest absolute Gasteiger partial charge is 0.208 e. The van der Waals surface area contributed by atoms with Gasteiger partial charge >= 0.3 is 0 Å². The maximum atomic E-state index is 4.29. The van der Waals surface area contributed by atoms with Crippen molar-refractivity contribution in [1.82, 2.24) is 15.1 Å². The summed E-state index contributed by atoms with van der Waals surface area (Å²) < 4.78 is 0. The summed E-state index contributed by atoms with van der Waals surface area (Å²) in [6.07, 6.45) is 2.67. The minimum absolute atomic E-state index is 0.672. The number of nitrogens with zero attached hydrogens (tertiary/aromatic N) is 4. The van der Waals surface area contributed by atoms with Crippen LogP contribution in [0.15, 0.2) is 0 Å². The normalized spacial score (nSPS) is 30.8. The maximum absolute atomic E-state index is 4.29. The molecule has 0 saturated carbocycles. The summed E-state index contributed by atoms with van der Waals surface area (Å²) in [6.45, 7) is 5.63. The fourth-order valence-electron chi connectivity index (χ4n) is 2.94. The molecular weight excluding hydrogens is 220 g/mol. The van der Waals surface area contributed by atoms with Crippen LogP contribution in [0.5, 0.6) is 0 Å². The van der Waals surface area contributed by atoms with Crippen molar-refractivity contribution in [3.63, 3.8) is 0 Å². The Hall–Kier alpha value is -0.680. The molecule has 88 valence electrons. The highest BCUT2D eigenvalue weighted by atomic mass is 32.1. The van der Waals surface area contributed by atoms with Crippen LogP contribution in [0.4, 0.5) is 5.13 Å². The van der Waals surface area contributed by atoms with Crippen molar-refractivity contribution in [2.45, 2.75) is 25.8 Å². The van der Waals surface area contributed by atoms with Crippen LogP contribution in [0, 0.1) is 12.8 Å². The Balaban J connectivity index is 1.81. The van der Waals surface area contributed by atoms with Gasteiger partial charge in [0, 0.05) is 19.1 Å². The van der Waals surface area contributed by atoms with Gasteiger partial charge in [-0.15, -0.1) is 10.2 Å². The van der Waals surface area contributed by atoms with Gasteiger partial charge in [-0.25, -0.2) is 0 Å². The van der Waals surface area contributed by atoms with E-state index < -0.39 is 0 Å². The molecule has 2 fully saturated rings. The number of aromatic nitrogens is 2. The first-order valence-electron chi connectivity index (χ1n) is 5.99. The molecule has 0 unspecified atom stereocenters. The Labute approximate surface area is 100 Å². The van der Waals surface area contributed by atoms with Crippen molar-refractivity contribution < 1.29 is 0 Å². The molecule has 16 heavy (non-hydrogen) atoms. The molecule has 0 N–H and O–H groups in total. The molecule has 3 rings (SSSR count). The monoisotopic (exact) mass is 238 g/mol. The number of aryl methyl sites for hydroxylation is 1. The lowest BCUT2D eigenvalue weighted by Gasteiger charge is -2.36. The minimum Gasteiger partial charge on any atom is -0.342 e. The average molecular weight is 238 g/mol.